The van der Waals surface area contributed by atoms with Crippen LogP contribution in [0.1, 0.15) is 28.0 Å². The molecule has 2 N–H and O–H groups in total. The Balaban J connectivity index is 0.00000225. The monoisotopic (exact) mass is 359 g/mol. The van der Waals surface area contributed by atoms with Crippen LogP contribution in [0.3, 0.4) is 0 Å². The number of hydrogen-bond acceptors (Lipinski definition) is 4. The molecule has 0 fully saturated rings. The molecule has 1 amide bonds. The highest BCUT2D eigenvalue weighted by Crippen LogP contribution is 2.14. The first-order chi connectivity index (χ1) is 11.7. The van der Waals surface area contributed by atoms with Crippen molar-refractivity contribution in [2.45, 2.75) is 19.9 Å². The minimum Gasteiger partial charge on any atom is -0.334 e. The van der Waals surface area contributed by atoms with E-state index in [0.717, 1.165) is 17.7 Å². The number of amides is 1. The van der Waals surface area contributed by atoms with Gasteiger partial charge in [-0.1, -0.05) is 30.3 Å². The van der Waals surface area contributed by atoms with Gasteiger partial charge in [-0.2, -0.15) is 5.10 Å². The molecule has 1 aromatic carbocycles. The van der Waals surface area contributed by atoms with E-state index in [1.54, 1.807) is 10.7 Å². The highest BCUT2D eigenvalue weighted by atomic mass is 35.5. The second-order valence-electron chi connectivity index (χ2n) is 5.75. The maximum absolute atomic E-state index is 13.0. The molecule has 0 unspecified atom stereocenters. The van der Waals surface area contributed by atoms with Crippen LogP contribution in [0.25, 0.3) is 5.65 Å². The molecule has 0 aliphatic heterocycles. The van der Waals surface area contributed by atoms with Crippen LogP contribution in [0.5, 0.6) is 0 Å². The van der Waals surface area contributed by atoms with Crippen molar-refractivity contribution in [3.8, 4) is 0 Å². The van der Waals surface area contributed by atoms with Crippen LogP contribution in [0.4, 0.5) is 0 Å². The molecule has 0 radical (unpaired) electrons. The number of nitrogens with two attached hydrogens (primary N) is 1. The number of carbonyl (C=O) groups is 1. The molecule has 132 valence electrons. The zero-order valence-electron chi connectivity index (χ0n) is 14.1. The lowest BCUT2D eigenvalue weighted by molar-refractivity contribution is 0.0744. The van der Waals surface area contributed by atoms with Crippen LogP contribution in [0, 0.1) is 6.92 Å². The zero-order valence-corrected chi connectivity index (χ0v) is 14.9. The van der Waals surface area contributed by atoms with E-state index in [9.17, 15) is 4.79 Å². The second-order valence-corrected chi connectivity index (χ2v) is 5.75. The van der Waals surface area contributed by atoms with Gasteiger partial charge in [0, 0.05) is 25.0 Å². The van der Waals surface area contributed by atoms with Crippen LogP contribution >= 0.6 is 12.4 Å². The van der Waals surface area contributed by atoms with Gasteiger partial charge in [-0.05, 0) is 31.5 Å². The number of fused-ring (bicyclic) bond motifs is 1. The van der Waals surface area contributed by atoms with Crippen LogP contribution in [0.2, 0.25) is 0 Å². The van der Waals surface area contributed by atoms with Gasteiger partial charge in [-0.3, -0.25) is 4.79 Å². The standard InChI is InChI=1S/C18H21N5O.ClH/c1-14-8-11-23-17(21-14)16(12-20-23)18(24)22(10-5-9-19)13-15-6-3-2-4-7-15;/h2-4,6-8,11-12H,5,9-10,13,19H2,1H3;1H. The SMILES string of the molecule is Cc1ccn2ncc(C(=O)N(CCCN)Cc3ccccc3)c2n1.Cl. The lowest BCUT2D eigenvalue weighted by atomic mass is 10.2. The average Bonchev–Trinajstić information content (AvgIpc) is 3.02. The van der Waals surface area contributed by atoms with Gasteiger partial charge in [-0.25, -0.2) is 9.50 Å². The van der Waals surface area contributed by atoms with Crippen molar-refractivity contribution in [2.24, 2.45) is 5.73 Å². The lowest BCUT2D eigenvalue weighted by Gasteiger charge is -2.22. The average molecular weight is 360 g/mol. The maximum atomic E-state index is 13.0. The van der Waals surface area contributed by atoms with Gasteiger partial charge in [0.05, 0.1) is 6.20 Å². The van der Waals surface area contributed by atoms with Gasteiger partial charge in [0.15, 0.2) is 5.65 Å². The molecule has 2 heterocycles. The predicted octanol–water partition coefficient (Wildman–Crippen LogP) is 2.45. The molecule has 0 spiro atoms. The first-order valence-corrected chi connectivity index (χ1v) is 8.03. The molecule has 25 heavy (non-hydrogen) atoms. The van der Waals surface area contributed by atoms with E-state index >= 15 is 0 Å². The van der Waals surface area contributed by atoms with Gasteiger partial charge >= 0.3 is 0 Å². The van der Waals surface area contributed by atoms with E-state index in [2.05, 4.69) is 10.1 Å². The number of hydrogen-bond donors (Lipinski definition) is 1. The van der Waals surface area contributed by atoms with Crippen molar-refractivity contribution in [1.82, 2.24) is 19.5 Å². The zero-order chi connectivity index (χ0) is 16.9. The largest absolute Gasteiger partial charge is 0.334 e. The first kappa shape index (κ1) is 18.9. The van der Waals surface area contributed by atoms with Crippen LogP contribution in [-0.4, -0.2) is 38.5 Å². The highest BCUT2D eigenvalue weighted by Gasteiger charge is 2.20. The molecule has 0 atom stereocenters. The van der Waals surface area contributed by atoms with Gasteiger partial charge in [0.1, 0.15) is 5.56 Å². The quantitative estimate of drug-likeness (QED) is 0.733. The number of benzene rings is 1. The highest BCUT2D eigenvalue weighted by molar-refractivity contribution is 5.99. The normalized spacial score (nSPS) is 10.5. The van der Waals surface area contributed by atoms with Crippen LogP contribution in [0.15, 0.2) is 48.8 Å². The molecule has 3 aromatic rings. The Morgan fingerprint density at radius 2 is 2.00 bits per heavy atom. The van der Waals surface area contributed by atoms with E-state index in [1.165, 1.54) is 0 Å². The fourth-order valence-electron chi connectivity index (χ4n) is 2.62. The third-order valence-electron chi connectivity index (χ3n) is 3.87. The molecule has 0 aliphatic carbocycles. The van der Waals surface area contributed by atoms with Crippen molar-refractivity contribution in [2.75, 3.05) is 13.1 Å². The summed E-state index contributed by atoms with van der Waals surface area (Å²) in [5.74, 6) is -0.0691. The van der Waals surface area contributed by atoms with E-state index in [-0.39, 0.29) is 18.3 Å². The van der Waals surface area contributed by atoms with E-state index in [1.807, 2.05) is 54.4 Å². The topological polar surface area (TPSA) is 76.5 Å². The fraction of sp³-hybridized carbons (Fsp3) is 0.278. The third kappa shape index (κ3) is 4.35. The molecule has 0 bridgehead atoms. The molecule has 0 saturated carbocycles. The Morgan fingerprint density at radius 3 is 2.72 bits per heavy atom. The molecule has 0 aliphatic rings. The number of nitrogens with zero attached hydrogens (tertiary/aromatic N) is 4. The molecule has 6 nitrogen and oxygen atoms in total. The van der Waals surface area contributed by atoms with Crippen molar-refractivity contribution in [3.05, 3.63) is 65.6 Å². The summed E-state index contributed by atoms with van der Waals surface area (Å²) in [6, 6.07) is 11.8. The summed E-state index contributed by atoms with van der Waals surface area (Å²) < 4.78 is 1.63. The summed E-state index contributed by atoms with van der Waals surface area (Å²) in [6.07, 6.45) is 4.16. The molecule has 7 heteroatoms. The molecule has 3 rings (SSSR count). The second kappa shape index (κ2) is 8.60. The van der Waals surface area contributed by atoms with Crippen molar-refractivity contribution >= 4 is 24.0 Å². The van der Waals surface area contributed by atoms with E-state index in [4.69, 9.17) is 5.73 Å². The number of carbonyl (C=O) groups excluding carboxylic acids is 1. The minimum atomic E-state index is -0.0691. The van der Waals surface area contributed by atoms with Crippen LogP contribution < -0.4 is 5.73 Å². The van der Waals surface area contributed by atoms with Gasteiger partial charge < -0.3 is 10.6 Å². The van der Waals surface area contributed by atoms with Crippen molar-refractivity contribution < 1.29 is 4.79 Å². The summed E-state index contributed by atoms with van der Waals surface area (Å²) in [6.45, 7) is 3.60. The van der Waals surface area contributed by atoms with Crippen LogP contribution in [-0.2, 0) is 6.54 Å². The number of aromatic nitrogens is 3. The molecule has 0 saturated heterocycles. The third-order valence-corrected chi connectivity index (χ3v) is 3.87. The predicted molar refractivity (Wildman–Crippen MR) is 99.8 cm³/mol. The Morgan fingerprint density at radius 1 is 1.24 bits per heavy atom. The Kier molecular flexibility index (Phi) is 6.50. The molecule has 2 aromatic heterocycles. The van der Waals surface area contributed by atoms with Gasteiger partial charge in [0.25, 0.3) is 5.91 Å². The van der Waals surface area contributed by atoms with Gasteiger partial charge in [-0.15, -0.1) is 12.4 Å². The lowest BCUT2D eigenvalue weighted by Crippen LogP contribution is -2.32. The fourth-order valence-corrected chi connectivity index (χ4v) is 2.62. The molecular formula is C18H22ClN5O. The Bertz CT molecular complexity index is 834. The van der Waals surface area contributed by atoms with Gasteiger partial charge in [0.2, 0.25) is 0 Å². The number of aryl methyl sites for hydroxylation is 1. The van der Waals surface area contributed by atoms with Crippen molar-refractivity contribution in [1.29, 1.82) is 0 Å². The maximum Gasteiger partial charge on any atom is 0.259 e. The first-order valence-electron chi connectivity index (χ1n) is 8.03. The summed E-state index contributed by atoms with van der Waals surface area (Å²) >= 11 is 0. The summed E-state index contributed by atoms with van der Waals surface area (Å²) in [5, 5.41) is 4.23. The Labute approximate surface area is 153 Å². The minimum absolute atomic E-state index is 0. The smallest absolute Gasteiger partial charge is 0.259 e. The van der Waals surface area contributed by atoms with E-state index < -0.39 is 0 Å². The number of halogens is 1. The van der Waals surface area contributed by atoms with E-state index in [0.29, 0.717) is 30.8 Å². The molecular weight excluding hydrogens is 338 g/mol. The summed E-state index contributed by atoms with van der Waals surface area (Å²) in [7, 11) is 0. The Hall–Kier alpha value is -2.44. The summed E-state index contributed by atoms with van der Waals surface area (Å²) in [5.41, 5.74) is 8.68. The summed E-state index contributed by atoms with van der Waals surface area (Å²) in [4.78, 5) is 19.3. The number of rotatable bonds is 6. The van der Waals surface area contributed by atoms with Crippen molar-refractivity contribution in [3.63, 3.8) is 0 Å².